The van der Waals surface area contributed by atoms with Crippen LogP contribution in [0.25, 0.3) is 0 Å². The third kappa shape index (κ3) is 2.79. The highest BCUT2D eigenvalue weighted by Crippen LogP contribution is 2.62. The molecule has 1 rings (SSSR count). The van der Waals surface area contributed by atoms with E-state index in [1.807, 2.05) is 0 Å². The van der Waals surface area contributed by atoms with Gasteiger partial charge in [0.05, 0.1) is 0 Å². The number of ketones is 1. The maximum Gasteiger partial charge on any atom is 0.157 e. The summed E-state index contributed by atoms with van der Waals surface area (Å²) in [4.78, 5) is 11.1. The van der Waals surface area contributed by atoms with Crippen molar-refractivity contribution in [3.63, 3.8) is 0 Å². The van der Waals surface area contributed by atoms with E-state index in [-0.39, 0.29) is 17.5 Å². The zero-order valence-electron chi connectivity index (χ0n) is 10.4. The van der Waals surface area contributed by atoms with E-state index in [2.05, 4.69) is 13.8 Å². The Kier molecular flexibility index (Phi) is 3.90. The summed E-state index contributed by atoms with van der Waals surface area (Å²) in [5.41, 5.74) is 0.265. The fourth-order valence-corrected chi connectivity index (χ4v) is 2.54. The Hall–Kier alpha value is -0.410. The van der Waals surface area contributed by atoms with Crippen molar-refractivity contribution in [2.75, 3.05) is 14.2 Å². The number of hydrogen-bond donors (Lipinski definition) is 0. The molecule has 0 amide bonds. The van der Waals surface area contributed by atoms with Gasteiger partial charge in [-0.3, -0.25) is 0 Å². The second-order valence-corrected chi connectivity index (χ2v) is 5.08. The summed E-state index contributed by atoms with van der Waals surface area (Å²) in [5, 5.41) is 0. The summed E-state index contributed by atoms with van der Waals surface area (Å²) in [5.74, 6) is 1.33. The summed E-state index contributed by atoms with van der Waals surface area (Å²) in [7, 11) is 3.31. The zero-order valence-corrected chi connectivity index (χ0v) is 10.4. The third-order valence-corrected chi connectivity index (χ3v) is 3.77. The number of rotatable bonds is 6. The maximum absolute atomic E-state index is 11.1. The molecule has 0 N–H and O–H groups in total. The lowest BCUT2D eigenvalue weighted by molar-refractivity contribution is -0.118. The molecule has 0 aliphatic heterocycles. The fraction of sp³-hybridized carbons (Fsp3) is 0.917. The standard InChI is InChI=1S/C12H22O3/c1-8(13)6-9-10(12(9,2)3)7-11(14-4)15-5/h9-11H,6-7H2,1-5H3/t9?,10-/m1/s1. The summed E-state index contributed by atoms with van der Waals surface area (Å²) in [6.45, 7) is 6.09. The van der Waals surface area contributed by atoms with Crippen LogP contribution in [-0.2, 0) is 14.3 Å². The quantitative estimate of drug-likeness (QED) is 0.636. The van der Waals surface area contributed by atoms with Gasteiger partial charge >= 0.3 is 0 Å². The van der Waals surface area contributed by atoms with Gasteiger partial charge in [-0.25, -0.2) is 0 Å². The Morgan fingerprint density at radius 3 is 2.20 bits per heavy atom. The molecule has 3 heteroatoms. The van der Waals surface area contributed by atoms with Crippen LogP contribution in [0.15, 0.2) is 0 Å². The van der Waals surface area contributed by atoms with Crippen LogP contribution in [0.4, 0.5) is 0 Å². The highest BCUT2D eigenvalue weighted by molar-refractivity contribution is 5.76. The molecule has 88 valence electrons. The predicted molar refractivity (Wildman–Crippen MR) is 58.5 cm³/mol. The number of Topliss-reactive ketones (excluding diaryl/α,β-unsaturated/α-hetero) is 1. The molecule has 1 aliphatic carbocycles. The lowest BCUT2D eigenvalue weighted by atomic mass is 10.1. The van der Waals surface area contributed by atoms with E-state index < -0.39 is 0 Å². The van der Waals surface area contributed by atoms with Crippen molar-refractivity contribution >= 4 is 5.78 Å². The van der Waals surface area contributed by atoms with Crippen molar-refractivity contribution < 1.29 is 14.3 Å². The molecule has 0 aromatic carbocycles. The minimum atomic E-state index is -0.133. The minimum Gasteiger partial charge on any atom is -0.356 e. The molecule has 0 aromatic rings. The first-order valence-electron chi connectivity index (χ1n) is 5.48. The van der Waals surface area contributed by atoms with Gasteiger partial charge in [0.15, 0.2) is 6.29 Å². The molecule has 3 nitrogen and oxygen atoms in total. The number of carbonyl (C=O) groups excluding carboxylic acids is 1. The summed E-state index contributed by atoms with van der Waals surface area (Å²) >= 11 is 0. The van der Waals surface area contributed by atoms with Crippen molar-refractivity contribution in [1.82, 2.24) is 0 Å². The normalized spacial score (nSPS) is 28.1. The molecule has 1 unspecified atom stereocenters. The molecule has 0 saturated heterocycles. The maximum atomic E-state index is 11.1. The summed E-state index contributed by atoms with van der Waals surface area (Å²) < 4.78 is 10.4. The second-order valence-electron chi connectivity index (χ2n) is 5.08. The molecule has 0 spiro atoms. The van der Waals surface area contributed by atoms with Gasteiger partial charge in [0.25, 0.3) is 0 Å². The van der Waals surface area contributed by atoms with Gasteiger partial charge in [-0.05, 0) is 24.2 Å². The molecule has 1 fully saturated rings. The van der Waals surface area contributed by atoms with Gasteiger partial charge < -0.3 is 14.3 Å². The van der Waals surface area contributed by atoms with E-state index in [1.165, 1.54) is 0 Å². The first-order valence-corrected chi connectivity index (χ1v) is 5.48. The topological polar surface area (TPSA) is 35.5 Å². The first-order chi connectivity index (χ1) is 6.93. The van der Waals surface area contributed by atoms with E-state index in [4.69, 9.17) is 9.47 Å². The Bertz CT molecular complexity index is 231. The van der Waals surface area contributed by atoms with Crippen LogP contribution >= 0.6 is 0 Å². The monoisotopic (exact) mass is 214 g/mol. The van der Waals surface area contributed by atoms with Gasteiger partial charge in [0, 0.05) is 27.1 Å². The van der Waals surface area contributed by atoms with Crippen LogP contribution in [0.1, 0.15) is 33.6 Å². The first kappa shape index (κ1) is 12.7. The van der Waals surface area contributed by atoms with Crippen molar-refractivity contribution in [2.45, 2.75) is 39.9 Å². The van der Waals surface area contributed by atoms with Crippen LogP contribution in [-0.4, -0.2) is 26.3 Å². The molecule has 0 aromatic heterocycles. The van der Waals surface area contributed by atoms with E-state index in [0.29, 0.717) is 18.3 Å². The van der Waals surface area contributed by atoms with Gasteiger partial charge in [0.1, 0.15) is 5.78 Å². The summed E-state index contributed by atoms with van der Waals surface area (Å²) in [6.07, 6.45) is 1.45. The molecule has 2 atom stereocenters. The van der Waals surface area contributed by atoms with Gasteiger partial charge in [-0.15, -0.1) is 0 Å². The lowest BCUT2D eigenvalue weighted by Gasteiger charge is -2.13. The number of hydrogen-bond acceptors (Lipinski definition) is 3. The largest absolute Gasteiger partial charge is 0.356 e. The Morgan fingerprint density at radius 2 is 1.80 bits per heavy atom. The molecule has 1 aliphatic rings. The van der Waals surface area contributed by atoms with Crippen LogP contribution < -0.4 is 0 Å². The average molecular weight is 214 g/mol. The smallest absolute Gasteiger partial charge is 0.157 e. The second kappa shape index (κ2) is 4.62. The van der Waals surface area contributed by atoms with E-state index in [9.17, 15) is 4.79 Å². The molecular weight excluding hydrogens is 192 g/mol. The zero-order chi connectivity index (χ0) is 11.6. The van der Waals surface area contributed by atoms with Crippen molar-refractivity contribution in [3.05, 3.63) is 0 Å². The Labute approximate surface area is 92.1 Å². The third-order valence-electron chi connectivity index (χ3n) is 3.77. The van der Waals surface area contributed by atoms with Gasteiger partial charge in [0.2, 0.25) is 0 Å². The van der Waals surface area contributed by atoms with Crippen molar-refractivity contribution in [2.24, 2.45) is 17.3 Å². The minimum absolute atomic E-state index is 0.133. The Balaban J connectivity index is 2.47. The van der Waals surface area contributed by atoms with Crippen LogP contribution in [0.3, 0.4) is 0 Å². The Morgan fingerprint density at radius 1 is 1.27 bits per heavy atom. The highest BCUT2D eigenvalue weighted by Gasteiger charge is 2.57. The molecular formula is C12H22O3. The molecule has 0 heterocycles. The van der Waals surface area contributed by atoms with Gasteiger partial charge in [-0.1, -0.05) is 13.8 Å². The molecule has 1 saturated carbocycles. The van der Waals surface area contributed by atoms with Crippen molar-refractivity contribution in [3.8, 4) is 0 Å². The lowest BCUT2D eigenvalue weighted by Crippen LogP contribution is -2.14. The van der Waals surface area contributed by atoms with E-state index in [0.717, 1.165) is 6.42 Å². The number of ether oxygens (including phenoxy) is 2. The summed E-state index contributed by atoms with van der Waals surface area (Å²) in [6, 6.07) is 0. The number of methoxy groups -OCH3 is 2. The number of carbonyl (C=O) groups is 1. The molecule has 15 heavy (non-hydrogen) atoms. The molecule has 0 bridgehead atoms. The van der Waals surface area contributed by atoms with Crippen LogP contribution in [0, 0.1) is 17.3 Å². The highest BCUT2D eigenvalue weighted by atomic mass is 16.7. The fourth-order valence-electron chi connectivity index (χ4n) is 2.54. The SMILES string of the molecule is COC(C[C@@H]1C(CC(C)=O)C1(C)C)OC. The van der Waals surface area contributed by atoms with Crippen LogP contribution in [0.2, 0.25) is 0 Å². The van der Waals surface area contributed by atoms with Gasteiger partial charge in [-0.2, -0.15) is 0 Å². The predicted octanol–water partition coefficient (Wildman–Crippen LogP) is 2.25. The van der Waals surface area contributed by atoms with E-state index in [1.54, 1.807) is 21.1 Å². The van der Waals surface area contributed by atoms with Crippen molar-refractivity contribution in [1.29, 1.82) is 0 Å². The van der Waals surface area contributed by atoms with E-state index >= 15 is 0 Å². The molecule has 0 radical (unpaired) electrons. The average Bonchev–Trinajstić information content (AvgIpc) is 2.63. The van der Waals surface area contributed by atoms with Crippen LogP contribution in [0.5, 0.6) is 0 Å².